The zero-order chi connectivity index (χ0) is 16.9. The Labute approximate surface area is 132 Å². The van der Waals surface area contributed by atoms with E-state index in [9.17, 15) is 9.59 Å². The molecule has 0 bridgehead atoms. The minimum Gasteiger partial charge on any atom is -0.481 e. The summed E-state index contributed by atoms with van der Waals surface area (Å²) < 4.78 is 1.50. The molecule has 0 saturated heterocycles. The van der Waals surface area contributed by atoms with E-state index in [-0.39, 0.29) is 6.42 Å². The maximum Gasteiger partial charge on any atom is 0.319 e. The van der Waals surface area contributed by atoms with Gasteiger partial charge in [0.25, 0.3) is 0 Å². The number of carbonyl (C=O) groups is 2. The molecule has 0 saturated carbocycles. The number of anilines is 1. The summed E-state index contributed by atoms with van der Waals surface area (Å²) >= 11 is 0. The first-order valence-electron chi connectivity index (χ1n) is 7.00. The minimum absolute atomic E-state index is 0.00603. The minimum atomic E-state index is -0.890. The Hall–Kier alpha value is -2.97. The molecule has 2 rings (SSSR count). The number of benzene rings is 1. The van der Waals surface area contributed by atoms with Crippen molar-refractivity contribution in [3.63, 3.8) is 0 Å². The van der Waals surface area contributed by atoms with E-state index in [1.54, 1.807) is 38.1 Å². The van der Waals surface area contributed by atoms with E-state index >= 15 is 0 Å². The topological polar surface area (TPSA) is 122 Å². The van der Waals surface area contributed by atoms with Gasteiger partial charge in [0, 0.05) is 17.6 Å². The fourth-order valence-corrected chi connectivity index (χ4v) is 1.93. The highest BCUT2D eigenvalue weighted by Crippen LogP contribution is 2.14. The van der Waals surface area contributed by atoms with Gasteiger partial charge in [0.2, 0.25) is 0 Å². The molecule has 0 aliphatic rings. The molecule has 2 amide bonds. The van der Waals surface area contributed by atoms with Crippen molar-refractivity contribution in [1.29, 1.82) is 0 Å². The monoisotopic (exact) mass is 318 g/mol. The predicted octanol–water partition coefficient (Wildman–Crippen LogP) is 1.43. The zero-order valence-corrected chi connectivity index (χ0v) is 12.9. The van der Waals surface area contributed by atoms with E-state index in [2.05, 4.69) is 26.2 Å². The van der Waals surface area contributed by atoms with Crippen molar-refractivity contribution < 1.29 is 14.7 Å². The largest absolute Gasteiger partial charge is 0.481 e. The Balaban J connectivity index is 1.91. The molecule has 1 heterocycles. The molecule has 0 atom stereocenters. The molecular formula is C14H18N6O3. The van der Waals surface area contributed by atoms with Crippen LogP contribution in [0.2, 0.25) is 0 Å². The van der Waals surface area contributed by atoms with Crippen molar-refractivity contribution in [3.05, 3.63) is 30.6 Å². The lowest BCUT2D eigenvalue weighted by Gasteiger charge is -2.25. The van der Waals surface area contributed by atoms with Crippen molar-refractivity contribution in [3.8, 4) is 5.69 Å². The van der Waals surface area contributed by atoms with Gasteiger partial charge in [-0.3, -0.25) is 4.79 Å². The lowest BCUT2D eigenvalue weighted by molar-refractivity contribution is -0.137. The molecule has 0 unspecified atom stereocenters. The highest BCUT2D eigenvalue weighted by Gasteiger charge is 2.21. The third kappa shape index (κ3) is 5.06. The smallest absolute Gasteiger partial charge is 0.319 e. The molecular weight excluding hydrogens is 300 g/mol. The lowest BCUT2D eigenvalue weighted by atomic mass is 9.99. The normalized spacial score (nSPS) is 11.0. The third-order valence-corrected chi connectivity index (χ3v) is 3.15. The van der Waals surface area contributed by atoms with Crippen LogP contribution in [0, 0.1) is 0 Å². The van der Waals surface area contributed by atoms with Gasteiger partial charge in [-0.1, -0.05) is 0 Å². The standard InChI is InChI=1S/C14H18N6O3/c1-14(2,8-7-12(21)22)17-13(23)16-10-3-5-11(6-4-10)20-9-15-18-19-20/h3-6,9H,7-8H2,1-2H3,(H,21,22)(H2,16,17,23). The van der Waals surface area contributed by atoms with Gasteiger partial charge in [-0.25, -0.2) is 9.48 Å². The van der Waals surface area contributed by atoms with Gasteiger partial charge in [-0.2, -0.15) is 0 Å². The number of nitrogens with zero attached hydrogens (tertiary/aromatic N) is 4. The van der Waals surface area contributed by atoms with Gasteiger partial charge in [0.1, 0.15) is 6.33 Å². The van der Waals surface area contributed by atoms with Crippen LogP contribution in [-0.2, 0) is 4.79 Å². The van der Waals surface area contributed by atoms with Crippen molar-refractivity contribution in [2.75, 3.05) is 5.32 Å². The molecule has 9 heteroatoms. The average molecular weight is 318 g/mol. The van der Waals surface area contributed by atoms with E-state index in [0.717, 1.165) is 5.69 Å². The first-order chi connectivity index (χ1) is 10.9. The first kappa shape index (κ1) is 16.4. The summed E-state index contributed by atoms with van der Waals surface area (Å²) in [5.41, 5.74) is 0.755. The van der Waals surface area contributed by atoms with Crippen LogP contribution in [0.25, 0.3) is 5.69 Å². The summed E-state index contributed by atoms with van der Waals surface area (Å²) in [5, 5.41) is 25.0. The Bertz CT molecular complexity index is 666. The van der Waals surface area contributed by atoms with Crippen LogP contribution in [0.4, 0.5) is 10.5 Å². The molecule has 0 radical (unpaired) electrons. The quantitative estimate of drug-likeness (QED) is 0.740. The van der Waals surface area contributed by atoms with E-state index in [1.807, 2.05) is 0 Å². The molecule has 0 aliphatic heterocycles. The average Bonchev–Trinajstić information content (AvgIpc) is 2.99. The molecule has 3 N–H and O–H groups in total. The summed E-state index contributed by atoms with van der Waals surface area (Å²) in [6.45, 7) is 3.55. The molecule has 9 nitrogen and oxygen atoms in total. The number of aliphatic carboxylic acids is 1. The fourth-order valence-electron chi connectivity index (χ4n) is 1.93. The van der Waals surface area contributed by atoms with Gasteiger partial charge in [-0.05, 0) is 55.0 Å². The third-order valence-electron chi connectivity index (χ3n) is 3.15. The number of carbonyl (C=O) groups excluding carboxylic acids is 1. The second-order valence-corrected chi connectivity index (χ2v) is 5.66. The van der Waals surface area contributed by atoms with Gasteiger partial charge in [0.15, 0.2) is 0 Å². The number of rotatable bonds is 6. The van der Waals surface area contributed by atoms with E-state index < -0.39 is 17.5 Å². The summed E-state index contributed by atoms with van der Waals surface area (Å²) in [5.74, 6) is -0.890. The number of amides is 2. The van der Waals surface area contributed by atoms with Crippen LogP contribution < -0.4 is 10.6 Å². The molecule has 1 aromatic carbocycles. The van der Waals surface area contributed by atoms with Gasteiger partial charge < -0.3 is 15.7 Å². The van der Waals surface area contributed by atoms with Crippen LogP contribution in [0.5, 0.6) is 0 Å². The number of nitrogens with one attached hydrogen (secondary N) is 2. The van der Waals surface area contributed by atoms with Crippen LogP contribution in [0.1, 0.15) is 26.7 Å². The second kappa shape index (κ2) is 6.86. The highest BCUT2D eigenvalue weighted by atomic mass is 16.4. The number of tetrazole rings is 1. The second-order valence-electron chi connectivity index (χ2n) is 5.66. The first-order valence-corrected chi connectivity index (χ1v) is 7.00. The van der Waals surface area contributed by atoms with Crippen molar-refractivity contribution in [2.45, 2.75) is 32.2 Å². The Kier molecular flexibility index (Phi) is 4.89. The number of hydrogen-bond acceptors (Lipinski definition) is 5. The number of aromatic nitrogens is 4. The SMILES string of the molecule is CC(C)(CCC(=O)O)NC(=O)Nc1ccc(-n2cnnn2)cc1. The zero-order valence-electron chi connectivity index (χ0n) is 12.9. The summed E-state index contributed by atoms with van der Waals surface area (Å²) in [6, 6.07) is 6.58. The van der Waals surface area contributed by atoms with E-state index in [0.29, 0.717) is 12.1 Å². The lowest BCUT2D eigenvalue weighted by Crippen LogP contribution is -2.45. The van der Waals surface area contributed by atoms with Crippen LogP contribution in [0.3, 0.4) is 0 Å². The maximum absolute atomic E-state index is 12.0. The molecule has 0 fully saturated rings. The Morgan fingerprint density at radius 2 is 1.96 bits per heavy atom. The molecule has 23 heavy (non-hydrogen) atoms. The van der Waals surface area contributed by atoms with Gasteiger partial charge in [0.05, 0.1) is 5.69 Å². The summed E-state index contributed by atoms with van der Waals surface area (Å²) in [4.78, 5) is 22.6. The van der Waals surface area contributed by atoms with E-state index in [4.69, 9.17) is 5.11 Å². The van der Waals surface area contributed by atoms with Crippen molar-refractivity contribution in [1.82, 2.24) is 25.5 Å². The fraction of sp³-hybridized carbons (Fsp3) is 0.357. The Morgan fingerprint density at radius 1 is 1.26 bits per heavy atom. The van der Waals surface area contributed by atoms with Crippen LogP contribution in [-0.4, -0.2) is 42.9 Å². The van der Waals surface area contributed by atoms with Gasteiger partial charge in [-0.15, -0.1) is 5.10 Å². The predicted molar refractivity (Wildman–Crippen MR) is 82.3 cm³/mol. The highest BCUT2D eigenvalue weighted by molar-refractivity contribution is 5.89. The number of carboxylic acids is 1. The number of hydrogen-bond donors (Lipinski definition) is 3. The number of urea groups is 1. The van der Waals surface area contributed by atoms with Gasteiger partial charge >= 0.3 is 12.0 Å². The van der Waals surface area contributed by atoms with E-state index in [1.165, 1.54) is 11.0 Å². The molecule has 0 aliphatic carbocycles. The maximum atomic E-state index is 12.0. The molecule has 1 aromatic heterocycles. The Morgan fingerprint density at radius 3 is 2.52 bits per heavy atom. The van der Waals surface area contributed by atoms with Crippen molar-refractivity contribution in [2.24, 2.45) is 0 Å². The van der Waals surface area contributed by atoms with Crippen LogP contribution in [0.15, 0.2) is 30.6 Å². The van der Waals surface area contributed by atoms with Crippen molar-refractivity contribution >= 4 is 17.7 Å². The molecule has 122 valence electrons. The van der Waals surface area contributed by atoms with Crippen LogP contribution >= 0.6 is 0 Å². The summed E-state index contributed by atoms with van der Waals surface area (Å²) in [7, 11) is 0. The molecule has 0 spiro atoms. The molecule has 2 aromatic rings. The summed E-state index contributed by atoms with van der Waals surface area (Å²) in [6.07, 6.45) is 1.81. The number of carboxylic acid groups (broad SMARTS) is 1.